The third-order valence-corrected chi connectivity index (χ3v) is 5.45. The van der Waals surface area contributed by atoms with Gasteiger partial charge in [0.05, 0.1) is 0 Å². The van der Waals surface area contributed by atoms with E-state index in [0.717, 1.165) is 60.8 Å². The molecule has 146 valence electrons. The minimum Gasteiger partial charge on any atom is -0.484 e. The average Bonchev–Trinajstić information content (AvgIpc) is 3.31. The van der Waals surface area contributed by atoms with Gasteiger partial charge in [-0.05, 0) is 49.9 Å². The van der Waals surface area contributed by atoms with Crippen molar-refractivity contribution in [1.29, 1.82) is 0 Å². The summed E-state index contributed by atoms with van der Waals surface area (Å²) < 4.78 is 7.91. The second-order valence-corrected chi connectivity index (χ2v) is 7.37. The van der Waals surface area contributed by atoms with E-state index in [1.165, 1.54) is 0 Å². The highest BCUT2D eigenvalue weighted by Gasteiger charge is 2.28. The highest BCUT2D eigenvalue weighted by atomic mass is 16.5. The van der Waals surface area contributed by atoms with Crippen LogP contribution in [0.15, 0.2) is 42.6 Å². The summed E-state index contributed by atoms with van der Waals surface area (Å²) in [6, 6.07) is 11.7. The summed E-state index contributed by atoms with van der Waals surface area (Å²) in [5.74, 6) is 2.31. The van der Waals surface area contributed by atoms with Crippen LogP contribution >= 0.6 is 0 Å². The van der Waals surface area contributed by atoms with E-state index in [1.807, 2.05) is 54.4 Å². The summed E-state index contributed by atoms with van der Waals surface area (Å²) in [5, 5.41) is 0. The maximum atomic E-state index is 12.6. The first-order chi connectivity index (χ1) is 13.7. The first kappa shape index (κ1) is 18.5. The lowest BCUT2D eigenvalue weighted by atomic mass is 10.0. The van der Waals surface area contributed by atoms with Gasteiger partial charge < -0.3 is 14.2 Å². The van der Waals surface area contributed by atoms with Crippen LogP contribution in [0.1, 0.15) is 24.7 Å². The number of carbonyl (C=O) groups excluding carboxylic acids is 1. The highest BCUT2D eigenvalue weighted by Crippen LogP contribution is 2.23. The third-order valence-electron chi connectivity index (χ3n) is 5.45. The number of benzene rings is 1. The van der Waals surface area contributed by atoms with Crippen molar-refractivity contribution in [2.75, 3.05) is 19.7 Å². The maximum absolute atomic E-state index is 12.6. The molecule has 1 unspecified atom stereocenters. The van der Waals surface area contributed by atoms with Gasteiger partial charge in [-0.25, -0.2) is 9.97 Å². The molecule has 6 nitrogen and oxygen atoms in total. The summed E-state index contributed by atoms with van der Waals surface area (Å²) in [5.41, 5.74) is 2.93. The quantitative estimate of drug-likeness (QED) is 0.661. The summed E-state index contributed by atoms with van der Waals surface area (Å²) in [4.78, 5) is 23.7. The van der Waals surface area contributed by atoms with Crippen molar-refractivity contribution < 1.29 is 9.53 Å². The average molecular weight is 378 g/mol. The normalized spacial score (nSPS) is 16.6. The van der Waals surface area contributed by atoms with Crippen LogP contribution in [0.25, 0.3) is 11.2 Å². The Bertz CT molecular complexity index is 982. The van der Waals surface area contributed by atoms with Gasteiger partial charge in [-0.2, -0.15) is 0 Å². The molecule has 1 atom stereocenters. The molecule has 6 heteroatoms. The van der Waals surface area contributed by atoms with Crippen molar-refractivity contribution in [2.45, 2.75) is 33.2 Å². The lowest BCUT2D eigenvalue weighted by molar-refractivity contribution is -0.132. The summed E-state index contributed by atoms with van der Waals surface area (Å²) in [7, 11) is 0. The number of imidazole rings is 1. The summed E-state index contributed by atoms with van der Waals surface area (Å²) >= 11 is 0. The van der Waals surface area contributed by atoms with Crippen LogP contribution in [-0.4, -0.2) is 45.0 Å². The van der Waals surface area contributed by atoms with Gasteiger partial charge in [-0.1, -0.05) is 18.2 Å². The van der Waals surface area contributed by atoms with Crippen LogP contribution in [-0.2, 0) is 17.8 Å². The molecule has 4 rings (SSSR count). The topological polar surface area (TPSA) is 60.2 Å². The van der Waals surface area contributed by atoms with Crippen molar-refractivity contribution in [3.8, 4) is 5.75 Å². The second kappa shape index (κ2) is 8.00. The molecule has 1 aromatic carbocycles. The fraction of sp³-hybridized carbons (Fsp3) is 0.409. The molecule has 3 heterocycles. The number of aryl methyl sites for hydroxylation is 2. The van der Waals surface area contributed by atoms with E-state index in [1.54, 1.807) is 0 Å². The molecule has 0 aliphatic carbocycles. The number of hydrogen-bond donors (Lipinski definition) is 0. The van der Waals surface area contributed by atoms with Crippen LogP contribution in [0, 0.1) is 12.8 Å². The molecule has 1 amide bonds. The van der Waals surface area contributed by atoms with Crippen molar-refractivity contribution in [1.82, 2.24) is 19.4 Å². The lowest BCUT2D eigenvalue weighted by Gasteiger charge is -2.17. The SMILES string of the molecule is CCn1c(CC2CCN(C(=O)COc3ccccc3C)C2)nc2cccnc21. The lowest BCUT2D eigenvalue weighted by Crippen LogP contribution is -2.33. The van der Waals surface area contributed by atoms with Crippen molar-refractivity contribution >= 4 is 17.1 Å². The Morgan fingerprint density at radius 1 is 1.25 bits per heavy atom. The fourth-order valence-corrected chi connectivity index (χ4v) is 3.93. The van der Waals surface area contributed by atoms with E-state index < -0.39 is 0 Å². The van der Waals surface area contributed by atoms with Crippen LogP contribution in [0.4, 0.5) is 0 Å². The number of carbonyl (C=O) groups is 1. The number of nitrogens with zero attached hydrogens (tertiary/aromatic N) is 4. The van der Waals surface area contributed by atoms with Crippen LogP contribution in [0.2, 0.25) is 0 Å². The molecule has 2 aromatic heterocycles. The van der Waals surface area contributed by atoms with Crippen LogP contribution in [0.3, 0.4) is 0 Å². The first-order valence-electron chi connectivity index (χ1n) is 9.92. The zero-order valence-electron chi connectivity index (χ0n) is 16.5. The first-order valence-corrected chi connectivity index (χ1v) is 9.92. The molecular formula is C22H26N4O2. The molecule has 0 spiro atoms. The number of ether oxygens (including phenoxy) is 1. The zero-order valence-corrected chi connectivity index (χ0v) is 16.5. The minimum absolute atomic E-state index is 0.0522. The van der Waals surface area contributed by atoms with E-state index >= 15 is 0 Å². The molecular weight excluding hydrogens is 352 g/mol. The van der Waals surface area contributed by atoms with E-state index in [-0.39, 0.29) is 12.5 Å². The Morgan fingerprint density at radius 2 is 2.11 bits per heavy atom. The number of amides is 1. The standard InChI is InChI=1S/C22H26N4O2/c1-3-26-20(24-18-8-6-11-23-22(18)26)13-17-10-12-25(14-17)21(27)15-28-19-9-5-4-7-16(19)2/h4-9,11,17H,3,10,12-15H2,1-2H3. The molecule has 0 radical (unpaired) electrons. The Hall–Kier alpha value is -2.89. The Balaban J connectivity index is 1.37. The molecule has 1 aliphatic rings. The molecule has 0 saturated carbocycles. The van der Waals surface area contributed by atoms with Crippen LogP contribution in [0.5, 0.6) is 5.75 Å². The second-order valence-electron chi connectivity index (χ2n) is 7.37. The number of hydrogen-bond acceptors (Lipinski definition) is 4. The molecule has 1 aliphatic heterocycles. The predicted molar refractivity (Wildman–Crippen MR) is 108 cm³/mol. The van der Waals surface area contributed by atoms with Gasteiger partial charge in [-0.3, -0.25) is 4.79 Å². The monoisotopic (exact) mass is 378 g/mol. The number of rotatable bonds is 6. The van der Waals surface area contributed by atoms with E-state index in [0.29, 0.717) is 5.92 Å². The molecule has 0 N–H and O–H groups in total. The van der Waals surface area contributed by atoms with E-state index in [2.05, 4.69) is 16.5 Å². The van der Waals surface area contributed by atoms with Gasteiger partial charge in [-0.15, -0.1) is 0 Å². The van der Waals surface area contributed by atoms with Gasteiger partial charge in [0.2, 0.25) is 0 Å². The largest absolute Gasteiger partial charge is 0.484 e. The summed E-state index contributed by atoms with van der Waals surface area (Å²) in [6.45, 7) is 6.59. The minimum atomic E-state index is 0.0522. The molecule has 28 heavy (non-hydrogen) atoms. The fourth-order valence-electron chi connectivity index (χ4n) is 3.93. The predicted octanol–water partition coefficient (Wildman–Crippen LogP) is 3.23. The number of likely N-dealkylation sites (tertiary alicyclic amines) is 1. The molecule has 3 aromatic rings. The number of fused-ring (bicyclic) bond motifs is 1. The van der Waals surface area contributed by atoms with Gasteiger partial charge in [0.15, 0.2) is 12.3 Å². The van der Waals surface area contributed by atoms with Crippen molar-refractivity contribution in [3.63, 3.8) is 0 Å². The third kappa shape index (κ3) is 3.72. The van der Waals surface area contributed by atoms with Crippen molar-refractivity contribution in [2.24, 2.45) is 5.92 Å². The Labute approximate surface area is 165 Å². The van der Waals surface area contributed by atoms with Crippen LogP contribution < -0.4 is 4.74 Å². The Kier molecular flexibility index (Phi) is 5.28. The zero-order chi connectivity index (χ0) is 19.5. The molecule has 1 saturated heterocycles. The number of aromatic nitrogens is 3. The Morgan fingerprint density at radius 3 is 2.93 bits per heavy atom. The maximum Gasteiger partial charge on any atom is 0.260 e. The van der Waals surface area contributed by atoms with Gasteiger partial charge >= 0.3 is 0 Å². The van der Waals surface area contributed by atoms with E-state index in [9.17, 15) is 4.79 Å². The smallest absolute Gasteiger partial charge is 0.260 e. The number of pyridine rings is 1. The van der Waals surface area contributed by atoms with Crippen molar-refractivity contribution in [3.05, 3.63) is 54.0 Å². The highest BCUT2D eigenvalue weighted by molar-refractivity contribution is 5.78. The van der Waals surface area contributed by atoms with Gasteiger partial charge in [0.1, 0.15) is 17.1 Å². The molecule has 0 bridgehead atoms. The number of para-hydroxylation sites is 1. The molecule has 1 fully saturated rings. The van der Waals surface area contributed by atoms with Gasteiger partial charge in [0.25, 0.3) is 5.91 Å². The van der Waals surface area contributed by atoms with E-state index in [4.69, 9.17) is 9.72 Å². The van der Waals surface area contributed by atoms with Gasteiger partial charge in [0, 0.05) is 32.3 Å². The summed E-state index contributed by atoms with van der Waals surface area (Å²) in [6.07, 6.45) is 3.67.